The molecule has 0 saturated carbocycles. The van der Waals surface area contributed by atoms with Gasteiger partial charge in [-0.3, -0.25) is 4.79 Å². The number of halogens is 1. The minimum absolute atomic E-state index is 0. The Kier molecular flexibility index (Phi) is 8.28. The van der Waals surface area contributed by atoms with Crippen molar-refractivity contribution in [3.63, 3.8) is 0 Å². The van der Waals surface area contributed by atoms with Crippen LogP contribution in [0.4, 0.5) is 0 Å². The molecule has 1 aliphatic rings. The van der Waals surface area contributed by atoms with E-state index in [1.165, 1.54) is 6.42 Å². The summed E-state index contributed by atoms with van der Waals surface area (Å²) in [5.41, 5.74) is 0.731. The standard InChI is InChI=1S/C17H26N2O2.ClH/c1-3-21-16-6-4-5-15(13-16)17(20)19-11-8-14(9-12-19)7-10-18-2;/h4-6,13-14,18H,3,7-12H2,1-2H3;1H. The number of hydrogen-bond acceptors (Lipinski definition) is 3. The van der Waals surface area contributed by atoms with E-state index in [9.17, 15) is 4.79 Å². The molecule has 0 spiro atoms. The van der Waals surface area contributed by atoms with E-state index in [-0.39, 0.29) is 18.3 Å². The van der Waals surface area contributed by atoms with Gasteiger partial charge in [0.2, 0.25) is 0 Å². The van der Waals surface area contributed by atoms with Crippen LogP contribution in [0.3, 0.4) is 0 Å². The predicted molar refractivity (Wildman–Crippen MR) is 92.0 cm³/mol. The van der Waals surface area contributed by atoms with Crippen molar-refractivity contribution in [2.75, 3.05) is 33.3 Å². The number of likely N-dealkylation sites (tertiary alicyclic amines) is 1. The highest BCUT2D eigenvalue weighted by Crippen LogP contribution is 2.22. The van der Waals surface area contributed by atoms with E-state index in [1.807, 2.05) is 43.1 Å². The largest absolute Gasteiger partial charge is 0.494 e. The monoisotopic (exact) mass is 326 g/mol. The highest BCUT2D eigenvalue weighted by atomic mass is 35.5. The molecule has 124 valence electrons. The minimum atomic E-state index is 0. The maximum absolute atomic E-state index is 12.5. The molecule has 0 atom stereocenters. The topological polar surface area (TPSA) is 41.6 Å². The Bertz CT molecular complexity index is 460. The molecule has 0 bridgehead atoms. The first-order chi connectivity index (χ1) is 10.2. The van der Waals surface area contributed by atoms with E-state index in [0.717, 1.165) is 49.7 Å². The summed E-state index contributed by atoms with van der Waals surface area (Å²) in [6.07, 6.45) is 3.43. The van der Waals surface area contributed by atoms with Crippen LogP contribution in [0.5, 0.6) is 5.75 Å². The van der Waals surface area contributed by atoms with Crippen molar-refractivity contribution < 1.29 is 9.53 Å². The van der Waals surface area contributed by atoms with Crippen LogP contribution in [0, 0.1) is 5.92 Å². The van der Waals surface area contributed by atoms with Crippen LogP contribution in [-0.2, 0) is 0 Å². The number of amides is 1. The van der Waals surface area contributed by atoms with Crippen LogP contribution in [0.1, 0.15) is 36.5 Å². The molecular weight excluding hydrogens is 300 g/mol. The third-order valence-corrected chi connectivity index (χ3v) is 4.10. The summed E-state index contributed by atoms with van der Waals surface area (Å²) in [4.78, 5) is 14.5. The molecule has 1 saturated heterocycles. The molecule has 0 radical (unpaired) electrons. The van der Waals surface area contributed by atoms with E-state index in [0.29, 0.717) is 6.61 Å². The van der Waals surface area contributed by atoms with Crippen LogP contribution < -0.4 is 10.1 Å². The fourth-order valence-corrected chi connectivity index (χ4v) is 2.84. The van der Waals surface area contributed by atoms with Crippen molar-refractivity contribution in [1.29, 1.82) is 0 Å². The minimum Gasteiger partial charge on any atom is -0.494 e. The zero-order valence-electron chi connectivity index (χ0n) is 13.5. The Balaban J connectivity index is 0.00000242. The van der Waals surface area contributed by atoms with Gasteiger partial charge in [0.1, 0.15) is 5.75 Å². The molecule has 4 nitrogen and oxygen atoms in total. The van der Waals surface area contributed by atoms with Crippen LogP contribution in [0.15, 0.2) is 24.3 Å². The third kappa shape index (κ3) is 5.18. The van der Waals surface area contributed by atoms with Crippen molar-refractivity contribution in [3.05, 3.63) is 29.8 Å². The second-order valence-corrected chi connectivity index (χ2v) is 5.59. The van der Waals surface area contributed by atoms with Gasteiger partial charge < -0.3 is 15.0 Å². The van der Waals surface area contributed by atoms with Gasteiger partial charge in [-0.25, -0.2) is 0 Å². The lowest BCUT2D eigenvalue weighted by molar-refractivity contribution is 0.0686. The van der Waals surface area contributed by atoms with E-state index in [2.05, 4.69) is 5.32 Å². The van der Waals surface area contributed by atoms with Gasteiger partial charge in [-0.2, -0.15) is 0 Å². The lowest BCUT2D eigenvalue weighted by Crippen LogP contribution is -2.38. The molecule has 1 aromatic rings. The normalized spacial score (nSPS) is 15.3. The Morgan fingerprint density at radius 1 is 1.36 bits per heavy atom. The van der Waals surface area contributed by atoms with Gasteiger partial charge in [-0.05, 0) is 63.9 Å². The van der Waals surface area contributed by atoms with Crippen LogP contribution >= 0.6 is 12.4 Å². The number of ether oxygens (including phenoxy) is 1. The summed E-state index contributed by atoms with van der Waals surface area (Å²) < 4.78 is 5.47. The number of carbonyl (C=O) groups excluding carboxylic acids is 1. The number of hydrogen-bond donors (Lipinski definition) is 1. The maximum Gasteiger partial charge on any atom is 0.253 e. The average Bonchev–Trinajstić information content (AvgIpc) is 2.53. The average molecular weight is 327 g/mol. The Labute approximate surface area is 139 Å². The second-order valence-electron chi connectivity index (χ2n) is 5.59. The highest BCUT2D eigenvalue weighted by molar-refractivity contribution is 5.94. The highest BCUT2D eigenvalue weighted by Gasteiger charge is 2.23. The number of piperidine rings is 1. The summed E-state index contributed by atoms with van der Waals surface area (Å²) in [6, 6.07) is 7.50. The smallest absolute Gasteiger partial charge is 0.253 e. The lowest BCUT2D eigenvalue weighted by Gasteiger charge is -2.32. The molecule has 1 heterocycles. The van der Waals surface area contributed by atoms with Crippen molar-refractivity contribution in [3.8, 4) is 5.75 Å². The summed E-state index contributed by atoms with van der Waals surface area (Å²) in [5.74, 6) is 1.65. The SMILES string of the molecule is CCOc1cccc(C(=O)N2CCC(CCNC)CC2)c1.Cl. The molecule has 0 aliphatic carbocycles. The first-order valence-electron chi connectivity index (χ1n) is 7.91. The zero-order valence-corrected chi connectivity index (χ0v) is 14.3. The lowest BCUT2D eigenvalue weighted by atomic mass is 9.93. The second kappa shape index (κ2) is 9.70. The Morgan fingerprint density at radius 2 is 2.09 bits per heavy atom. The maximum atomic E-state index is 12.5. The van der Waals surface area contributed by atoms with Gasteiger partial charge in [0.05, 0.1) is 6.61 Å². The summed E-state index contributed by atoms with van der Waals surface area (Å²) in [7, 11) is 1.99. The molecule has 5 heteroatoms. The molecule has 1 aliphatic heterocycles. The zero-order chi connectivity index (χ0) is 15.1. The Morgan fingerprint density at radius 3 is 2.73 bits per heavy atom. The van der Waals surface area contributed by atoms with E-state index in [4.69, 9.17) is 4.74 Å². The predicted octanol–water partition coefficient (Wildman–Crippen LogP) is 2.97. The molecule has 1 aromatic carbocycles. The molecule has 0 aromatic heterocycles. The number of carbonyl (C=O) groups is 1. The number of nitrogens with one attached hydrogen (secondary N) is 1. The van der Waals surface area contributed by atoms with Gasteiger partial charge in [0.15, 0.2) is 0 Å². The molecule has 22 heavy (non-hydrogen) atoms. The molecule has 1 amide bonds. The van der Waals surface area contributed by atoms with Gasteiger partial charge in [0.25, 0.3) is 5.91 Å². The molecule has 1 N–H and O–H groups in total. The summed E-state index contributed by atoms with van der Waals surface area (Å²) in [5, 5.41) is 3.20. The quantitative estimate of drug-likeness (QED) is 0.874. The van der Waals surface area contributed by atoms with Crippen LogP contribution in [0.25, 0.3) is 0 Å². The fraction of sp³-hybridized carbons (Fsp3) is 0.588. The fourth-order valence-electron chi connectivity index (χ4n) is 2.84. The number of nitrogens with zero attached hydrogens (tertiary/aromatic N) is 1. The third-order valence-electron chi connectivity index (χ3n) is 4.10. The van der Waals surface area contributed by atoms with Crippen molar-refractivity contribution in [1.82, 2.24) is 10.2 Å². The van der Waals surface area contributed by atoms with Crippen LogP contribution in [-0.4, -0.2) is 44.1 Å². The van der Waals surface area contributed by atoms with Crippen molar-refractivity contribution >= 4 is 18.3 Å². The van der Waals surface area contributed by atoms with E-state index < -0.39 is 0 Å². The number of rotatable bonds is 6. The summed E-state index contributed by atoms with van der Waals surface area (Å²) in [6.45, 7) is 5.37. The van der Waals surface area contributed by atoms with E-state index in [1.54, 1.807) is 0 Å². The first-order valence-corrected chi connectivity index (χ1v) is 7.91. The van der Waals surface area contributed by atoms with Gasteiger partial charge in [-0.1, -0.05) is 6.07 Å². The molecule has 1 fully saturated rings. The Hall–Kier alpha value is -1.26. The molecule has 0 unspecified atom stereocenters. The van der Waals surface area contributed by atoms with Crippen molar-refractivity contribution in [2.45, 2.75) is 26.2 Å². The molecular formula is C17H27ClN2O2. The van der Waals surface area contributed by atoms with Gasteiger partial charge in [0, 0.05) is 18.7 Å². The number of benzene rings is 1. The molecule has 2 rings (SSSR count). The van der Waals surface area contributed by atoms with E-state index >= 15 is 0 Å². The van der Waals surface area contributed by atoms with Crippen LogP contribution in [0.2, 0.25) is 0 Å². The van der Waals surface area contributed by atoms with Crippen molar-refractivity contribution in [2.24, 2.45) is 5.92 Å². The van der Waals surface area contributed by atoms with Gasteiger partial charge in [-0.15, -0.1) is 12.4 Å². The summed E-state index contributed by atoms with van der Waals surface area (Å²) >= 11 is 0. The first kappa shape index (κ1) is 18.8. The van der Waals surface area contributed by atoms with Gasteiger partial charge >= 0.3 is 0 Å².